The first kappa shape index (κ1) is 12.0. The number of hydrogen-bond donors (Lipinski definition) is 0. The van der Waals surface area contributed by atoms with Crippen LogP contribution in [-0.2, 0) is 0 Å². The van der Waals surface area contributed by atoms with Crippen molar-refractivity contribution in [2.24, 2.45) is 0 Å². The zero-order valence-corrected chi connectivity index (χ0v) is 11.0. The molecule has 3 heteroatoms. The van der Waals surface area contributed by atoms with Gasteiger partial charge in [-0.2, -0.15) is 0 Å². The maximum absolute atomic E-state index is 13.0. The van der Waals surface area contributed by atoms with Crippen LogP contribution in [0.1, 0.15) is 34.4 Å². The van der Waals surface area contributed by atoms with Crippen LogP contribution in [0.25, 0.3) is 0 Å². The van der Waals surface area contributed by atoms with E-state index in [1.807, 2.05) is 30.3 Å². The lowest BCUT2D eigenvalue weighted by Crippen LogP contribution is -1.96. The van der Waals surface area contributed by atoms with E-state index in [0.717, 1.165) is 23.1 Å². The maximum Gasteiger partial charge on any atom is 0.123 e. The Morgan fingerprint density at radius 1 is 1.00 bits per heavy atom. The fourth-order valence-electron chi connectivity index (χ4n) is 2.60. The van der Waals surface area contributed by atoms with Gasteiger partial charge >= 0.3 is 0 Å². The molecular formula is C15H11Cl2F. The Balaban J connectivity index is 2.06. The third-order valence-corrected chi connectivity index (χ3v) is 4.13. The molecule has 0 spiro atoms. The van der Waals surface area contributed by atoms with Crippen molar-refractivity contribution in [3.8, 4) is 0 Å². The van der Waals surface area contributed by atoms with Crippen LogP contribution in [0.3, 0.4) is 0 Å². The van der Waals surface area contributed by atoms with Crippen molar-refractivity contribution in [1.82, 2.24) is 0 Å². The van der Waals surface area contributed by atoms with Crippen molar-refractivity contribution >= 4 is 23.2 Å². The Bertz CT molecular complexity index is 578. The molecule has 0 radical (unpaired) electrons. The highest BCUT2D eigenvalue weighted by Gasteiger charge is 2.30. The molecule has 0 saturated carbocycles. The Labute approximate surface area is 115 Å². The summed E-state index contributed by atoms with van der Waals surface area (Å²) in [7, 11) is 0. The second-order valence-electron chi connectivity index (χ2n) is 4.58. The van der Waals surface area contributed by atoms with Crippen molar-refractivity contribution in [3.63, 3.8) is 0 Å². The molecule has 0 N–H and O–H groups in total. The van der Waals surface area contributed by atoms with Gasteiger partial charge in [-0.3, -0.25) is 0 Å². The summed E-state index contributed by atoms with van der Waals surface area (Å²) in [5.41, 5.74) is 3.38. The normalized spacial score (nSPS) is 21.9. The largest absolute Gasteiger partial charge is 0.207 e. The predicted molar refractivity (Wildman–Crippen MR) is 72.9 cm³/mol. The smallest absolute Gasteiger partial charge is 0.123 e. The van der Waals surface area contributed by atoms with Gasteiger partial charge in [-0.1, -0.05) is 29.8 Å². The molecule has 1 aliphatic rings. The second kappa shape index (κ2) is 4.56. The van der Waals surface area contributed by atoms with E-state index < -0.39 is 0 Å². The standard InChI is InChI=1S/C15H11Cl2F/c16-10-3-6-12-14(7-10)13(8-15(12)17)9-1-4-11(18)5-2-9/h1-7,13,15H,8H2/t13-,15+/m0/s1. The molecule has 0 aromatic heterocycles. The van der Waals surface area contributed by atoms with Crippen LogP contribution in [0.15, 0.2) is 42.5 Å². The fraction of sp³-hybridized carbons (Fsp3) is 0.200. The lowest BCUT2D eigenvalue weighted by Gasteiger charge is -2.12. The van der Waals surface area contributed by atoms with Crippen LogP contribution in [0.5, 0.6) is 0 Å². The Kier molecular flexibility index (Phi) is 3.04. The van der Waals surface area contributed by atoms with E-state index >= 15 is 0 Å². The van der Waals surface area contributed by atoms with E-state index in [-0.39, 0.29) is 17.1 Å². The Hall–Kier alpha value is -1.05. The first-order valence-corrected chi connectivity index (χ1v) is 6.65. The highest BCUT2D eigenvalue weighted by atomic mass is 35.5. The Morgan fingerprint density at radius 3 is 2.44 bits per heavy atom. The van der Waals surface area contributed by atoms with E-state index in [4.69, 9.17) is 23.2 Å². The molecule has 0 unspecified atom stereocenters. The first-order chi connectivity index (χ1) is 8.65. The lowest BCUT2D eigenvalue weighted by atomic mass is 9.93. The van der Waals surface area contributed by atoms with E-state index in [1.165, 1.54) is 12.1 Å². The van der Waals surface area contributed by atoms with Gasteiger partial charge in [-0.15, -0.1) is 11.6 Å². The Morgan fingerprint density at radius 2 is 1.72 bits per heavy atom. The molecule has 92 valence electrons. The van der Waals surface area contributed by atoms with Crippen LogP contribution < -0.4 is 0 Å². The summed E-state index contributed by atoms with van der Waals surface area (Å²) in [5, 5.41) is 0.721. The first-order valence-electron chi connectivity index (χ1n) is 5.84. The minimum atomic E-state index is -0.217. The highest BCUT2D eigenvalue weighted by Crippen LogP contribution is 2.47. The number of alkyl halides is 1. The molecule has 2 aromatic carbocycles. The van der Waals surface area contributed by atoms with Crippen molar-refractivity contribution in [2.45, 2.75) is 17.7 Å². The summed E-state index contributed by atoms with van der Waals surface area (Å²) < 4.78 is 13.0. The molecular weight excluding hydrogens is 270 g/mol. The topological polar surface area (TPSA) is 0 Å². The number of benzene rings is 2. The summed E-state index contributed by atoms with van der Waals surface area (Å²) in [4.78, 5) is 0. The average molecular weight is 281 g/mol. The van der Waals surface area contributed by atoms with Gasteiger partial charge in [-0.05, 0) is 47.4 Å². The third-order valence-electron chi connectivity index (χ3n) is 3.48. The van der Waals surface area contributed by atoms with Gasteiger partial charge in [0.1, 0.15) is 5.82 Å². The van der Waals surface area contributed by atoms with Crippen molar-refractivity contribution in [3.05, 3.63) is 70.0 Å². The van der Waals surface area contributed by atoms with Gasteiger partial charge in [0.25, 0.3) is 0 Å². The molecule has 0 bridgehead atoms. The lowest BCUT2D eigenvalue weighted by molar-refractivity contribution is 0.626. The van der Waals surface area contributed by atoms with E-state index in [1.54, 1.807) is 0 Å². The van der Waals surface area contributed by atoms with Crippen molar-refractivity contribution in [1.29, 1.82) is 0 Å². The molecule has 18 heavy (non-hydrogen) atoms. The zero-order chi connectivity index (χ0) is 12.7. The maximum atomic E-state index is 13.0. The molecule has 2 aromatic rings. The average Bonchev–Trinajstić information content (AvgIpc) is 2.67. The number of halogens is 3. The quantitative estimate of drug-likeness (QED) is 0.623. The minimum Gasteiger partial charge on any atom is -0.207 e. The van der Waals surface area contributed by atoms with Gasteiger partial charge in [0.2, 0.25) is 0 Å². The third kappa shape index (κ3) is 2.02. The molecule has 0 aliphatic heterocycles. The summed E-state index contributed by atoms with van der Waals surface area (Å²) >= 11 is 12.4. The summed E-state index contributed by atoms with van der Waals surface area (Å²) in [6.07, 6.45) is 0.836. The van der Waals surface area contributed by atoms with Crippen LogP contribution in [-0.4, -0.2) is 0 Å². The van der Waals surface area contributed by atoms with Crippen LogP contribution in [0.4, 0.5) is 4.39 Å². The van der Waals surface area contributed by atoms with Gasteiger partial charge in [0, 0.05) is 10.9 Å². The molecule has 0 heterocycles. The monoisotopic (exact) mass is 280 g/mol. The molecule has 3 rings (SSSR count). The van der Waals surface area contributed by atoms with E-state index in [0.29, 0.717) is 5.02 Å². The van der Waals surface area contributed by atoms with Crippen molar-refractivity contribution < 1.29 is 4.39 Å². The van der Waals surface area contributed by atoms with E-state index in [2.05, 4.69) is 0 Å². The predicted octanol–water partition coefficient (Wildman–Crippen LogP) is 5.29. The van der Waals surface area contributed by atoms with Gasteiger partial charge < -0.3 is 0 Å². The van der Waals surface area contributed by atoms with Crippen LogP contribution >= 0.6 is 23.2 Å². The molecule has 2 atom stereocenters. The SMILES string of the molecule is Fc1ccc([C@@H]2C[C@@H](Cl)c3ccc(Cl)cc32)cc1. The molecule has 0 saturated heterocycles. The summed E-state index contributed by atoms with van der Waals surface area (Å²) in [5.74, 6) is -0.00714. The second-order valence-corrected chi connectivity index (χ2v) is 5.54. The van der Waals surface area contributed by atoms with Crippen molar-refractivity contribution in [2.75, 3.05) is 0 Å². The number of rotatable bonds is 1. The number of fused-ring (bicyclic) bond motifs is 1. The molecule has 0 amide bonds. The molecule has 0 nitrogen and oxygen atoms in total. The highest BCUT2D eigenvalue weighted by molar-refractivity contribution is 6.30. The molecule has 1 aliphatic carbocycles. The summed E-state index contributed by atoms with van der Waals surface area (Å²) in [6.45, 7) is 0. The van der Waals surface area contributed by atoms with Gasteiger partial charge in [0.15, 0.2) is 0 Å². The van der Waals surface area contributed by atoms with Gasteiger partial charge in [-0.25, -0.2) is 4.39 Å². The number of hydrogen-bond acceptors (Lipinski definition) is 0. The van der Waals surface area contributed by atoms with Crippen LogP contribution in [0, 0.1) is 5.82 Å². The summed E-state index contributed by atoms with van der Waals surface area (Å²) in [6, 6.07) is 12.4. The van der Waals surface area contributed by atoms with E-state index in [9.17, 15) is 4.39 Å². The zero-order valence-electron chi connectivity index (χ0n) is 9.54. The fourth-order valence-corrected chi connectivity index (χ4v) is 3.16. The van der Waals surface area contributed by atoms with Gasteiger partial charge in [0.05, 0.1) is 5.38 Å². The minimum absolute atomic E-state index is 0.00678. The molecule has 0 fully saturated rings. The van der Waals surface area contributed by atoms with Crippen LogP contribution in [0.2, 0.25) is 5.02 Å².